The molecule has 14 heavy (non-hydrogen) atoms. The van der Waals surface area contributed by atoms with Crippen molar-refractivity contribution in [3.63, 3.8) is 0 Å². The van der Waals surface area contributed by atoms with Crippen LogP contribution in [0, 0.1) is 0 Å². The van der Waals surface area contributed by atoms with Gasteiger partial charge in [0.15, 0.2) is 0 Å². The average molecular weight is 218 g/mol. The number of rotatable bonds is 0. The second-order valence-corrected chi connectivity index (χ2v) is 5.65. The number of nitrogens with one attached hydrogen (secondary N) is 1. The zero-order chi connectivity index (χ0) is 10.6. The molecular weight excluding hydrogens is 211 g/mol. The van der Waals surface area contributed by atoms with E-state index in [-0.39, 0.29) is 11.6 Å². The molecule has 0 aliphatic carbocycles. The minimum absolute atomic E-state index is 0.314. The van der Waals surface area contributed by atoms with Gasteiger partial charge in [0.25, 0.3) is 0 Å². The van der Waals surface area contributed by atoms with Crippen LogP contribution in [0.15, 0.2) is 9.79 Å². The predicted molar refractivity (Wildman–Crippen MR) is 50.6 cm³/mol. The van der Waals surface area contributed by atoms with Crippen molar-refractivity contribution in [1.29, 1.82) is 0 Å². The Morgan fingerprint density at radius 2 is 2.07 bits per heavy atom. The Morgan fingerprint density at radius 3 is 2.71 bits per heavy atom. The monoisotopic (exact) mass is 218 g/mol. The van der Waals surface area contributed by atoms with Crippen molar-refractivity contribution >= 4 is 30.3 Å². The molecule has 0 radical (unpaired) electrons. The van der Waals surface area contributed by atoms with Crippen LogP contribution in [0.4, 0.5) is 11.6 Å². The number of hydrogen-bond acceptors (Lipinski definition) is 7. The molecule has 9 heteroatoms. The normalized spacial score (nSPS) is 23.8. The number of nitrogens with two attached hydrogens (primary N) is 1. The first-order chi connectivity index (χ1) is 6.28. The molecular formula is C5H7N4O4P. The van der Waals surface area contributed by atoms with Gasteiger partial charge >= 0.3 is 76.0 Å². The zero-order valence-electron chi connectivity index (χ0n) is 6.75. The molecule has 6 N–H and O–H groups in total. The number of nitrogen functional groups attached to an aromatic ring is 1. The van der Waals surface area contributed by atoms with Gasteiger partial charge < -0.3 is 0 Å². The van der Waals surface area contributed by atoms with Gasteiger partial charge in [-0.2, -0.15) is 0 Å². The Hall–Kier alpha value is -1.34. The summed E-state index contributed by atoms with van der Waals surface area (Å²) in [5, 5.41) is 0. The minimum atomic E-state index is -5.19. The molecule has 0 saturated heterocycles. The predicted octanol–water partition coefficient (Wildman–Crippen LogP) is -2.07. The van der Waals surface area contributed by atoms with Crippen LogP contribution >= 0.6 is 7.28 Å². The van der Waals surface area contributed by atoms with E-state index in [9.17, 15) is 19.5 Å². The third kappa shape index (κ3) is 1.13. The number of fused-ring (bicyclic) bond motifs is 1. The molecule has 0 saturated carbocycles. The van der Waals surface area contributed by atoms with Gasteiger partial charge in [0.2, 0.25) is 0 Å². The van der Waals surface area contributed by atoms with Gasteiger partial charge in [0.1, 0.15) is 0 Å². The third-order valence-corrected chi connectivity index (χ3v) is 3.37. The number of aromatic nitrogens is 2. The van der Waals surface area contributed by atoms with Crippen LogP contribution in [0.1, 0.15) is 0 Å². The number of nitrogens with zero attached hydrogens (tertiary/aromatic N) is 2. The van der Waals surface area contributed by atoms with E-state index < -0.39 is 18.3 Å². The van der Waals surface area contributed by atoms with Gasteiger partial charge in [-0.05, 0) is 0 Å². The van der Waals surface area contributed by atoms with E-state index in [0.29, 0.717) is 5.96 Å². The van der Waals surface area contributed by atoms with Gasteiger partial charge in [0.05, 0.1) is 0 Å². The van der Waals surface area contributed by atoms with Crippen molar-refractivity contribution in [2.24, 2.45) is 4.99 Å². The number of aromatic amines is 1. The second kappa shape index (κ2) is 2.18. The number of hydrogen-bond donors (Lipinski definition) is 5. The van der Waals surface area contributed by atoms with E-state index in [4.69, 9.17) is 5.73 Å². The van der Waals surface area contributed by atoms with Crippen LogP contribution in [0.2, 0.25) is 0 Å². The molecule has 0 spiro atoms. The molecule has 0 unspecified atom stereocenters. The molecule has 1 aromatic heterocycles. The molecule has 1 aliphatic rings. The Kier molecular flexibility index (Phi) is 1.44. The number of anilines is 1. The van der Waals surface area contributed by atoms with E-state index in [2.05, 4.69) is 15.0 Å². The van der Waals surface area contributed by atoms with Gasteiger partial charge in [-0.25, -0.2) is 0 Å². The second-order valence-electron chi connectivity index (χ2n) is 2.91. The topological polar surface area (TPSA) is 145 Å². The fourth-order valence-electron chi connectivity index (χ4n) is 1.11. The number of H-pyrrole nitrogens is 1. The van der Waals surface area contributed by atoms with Crippen molar-refractivity contribution < 1.29 is 14.7 Å². The van der Waals surface area contributed by atoms with Crippen LogP contribution < -0.4 is 16.7 Å². The molecule has 76 valence electrons. The standard InChI is InChI=1S/C5H7N4O4P/c6-5-8-3(10)2-4(9-5)14(11,12,13)1-7-2/h1,11-13H,(H3,6,8,9,10). The van der Waals surface area contributed by atoms with Crippen LogP contribution in [0.25, 0.3) is 0 Å². The fraction of sp³-hybridized carbons (Fsp3) is 0. The molecule has 2 rings (SSSR count). The summed E-state index contributed by atoms with van der Waals surface area (Å²) in [6, 6.07) is 0. The summed E-state index contributed by atoms with van der Waals surface area (Å²) in [4.78, 5) is 48.2. The zero-order valence-corrected chi connectivity index (χ0v) is 7.64. The quantitative estimate of drug-likeness (QED) is 0.316. The molecule has 2 heterocycles. The van der Waals surface area contributed by atoms with Gasteiger partial charge in [-0.1, -0.05) is 0 Å². The summed E-state index contributed by atoms with van der Waals surface area (Å²) in [5.74, 6) is 0.211. The van der Waals surface area contributed by atoms with Crippen molar-refractivity contribution in [2.45, 2.75) is 0 Å². The first-order valence-corrected chi connectivity index (χ1v) is 5.67. The van der Waals surface area contributed by atoms with Crippen LogP contribution in [0.3, 0.4) is 0 Å². The van der Waals surface area contributed by atoms with E-state index in [1.54, 1.807) is 0 Å². The Bertz CT molecular complexity index is 499. The van der Waals surface area contributed by atoms with Crippen molar-refractivity contribution in [3.8, 4) is 0 Å². The first-order valence-electron chi connectivity index (χ1n) is 3.50. The fourth-order valence-corrected chi connectivity index (χ4v) is 2.41. The van der Waals surface area contributed by atoms with Crippen molar-refractivity contribution in [2.75, 3.05) is 5.73 Å². The van der Waals surface area contributed by atoms with Crippen molar-refractivity contribution in [3.05, 3.63) is 10.4 Å². The summed E-state index contributed by atoms with van der Waals surface area (Å²) in [7, 11) is -5.19. The average Bonchev–Trinajstić information content (AvgIpc) is 2.23. The molecule has 1 aromatic rings. The Morgan fingerprint density at radius 1 is 1.43 bits per heavy atom. The molecule has 0 amide bonds. The van der Waals surface area contributed by atoms with Gasteiger partial charge in [-0.15, -0.1) is 0 Å². The molecule has 1 aliphatic heterocycles. The summed E-state index contributed by atoms with van der Waals surface area (Å²) in [5.41, 5.74) is 3.55. The molecule has 0 fully saturated rings. The maximum absolute atomic E-state index is 11.2. The van der Waals surface area contributed by atoms with E-state index in [1.807, 2.05) is 0 Å². The van der Waals surface area contributed by atoms with Gasteiger partial charge in [0, 0.05) is 0 Å². The summed E-state index contributed by atoms with van der Waals surface area (Å²) in [6.07, 6.45) is 0. The summed E-state index contributed by atoms with van der Waals surface area (Å²) >= 11 is 0. The molecule has 0 bridgehead atoms. The molecule has 0 aromatic carbocycles. The van der Waals surface area contributed by atoms with Crippen LogP contribution in [0.5, 0.6) is 0 Å². The Labute approximate surface area is 76.9 Å². The molecule has 0 atom stereocenters. The SMILES string of the molecule is Nc1nc2c(c(=O)[nH]1)N=CP2(O)(O)O. The number of aliphatic imine (C=N–C) groups is 1. The summed E-state index contributed by atoms with van der Waals surface area (Å²) in [6.45, 7) is 0. The summed E-state index contributed by atoms with van der Waals surface area (Å²) < 4.78 is 0. The van der Waals surface area contributed by atoms with E-state index in [1.165, 1.54) is 0 Å². The first kappa shape index (κ1) is 9.22. The van der Waals surface area contributed by atoms with Crippen LogP contribution in [-0.4, -0.2) is 30.6 Å². The van der Waals surface area contributed by atoms with E-state index in [0.717, 1.165) is 0 Å². The van der Waals surface area contributed by atoms with E-state index >= 15 is 0 Å². The third-order valence-electron chi connectivity index (χ3n) is 1.70. The van der Waals surface area contributed by atoms with Crippen LogP contribution in [-0.2, 0) is 0 Å². The molecule has 8 nitrogen and oxygen atoms in total. The Balaban J connectivity index is 2.86. The van der Waals surface area contributed by atoms with Gasteiger partial charge in [-0.3, -0.25) is 0 Å². The van der Waals surface area contributed by atoms with Crippen molar-refractivity contribution in [1.82, 2.24) is 9.97 Å². The maximum atomic E-state index is 11.2.